The molecule has 0 spiro atoms. The fraction of sp³-hybridized carbons (Fsp3) is 0.111. The first-order chi connectivity index (χ1) is 12.2. The third-order valence-corrected chi connectivity index (χ3v) is 3.69. The molecule has 0 aliphatic rings. The van der Waals surface area contributed by atoms with Crippen LogP contribution in [0.1, 0.15) is 21.7 Å². The summed E-state index contributed by atoms with van der Waals surface area (Å²) in [6.07, 6.45) is 1.73. The molecule has 1 aromatic carbocycles. The molecule has 126 valence electrons. The number of halogens is 1. The van der Waals surface area contributed by atoms with Gasteiger partial charge < -0.3 is 10.6 Å². The second kappa shape index (κ2) is 8.21. The van der Waals surface area contributed by atoms with Gasteiger partial charge >= 0.3 is 0 Å². The number of aromatic nitrogens is 3. The van der Waals surface area contributed by atoms with Gasteiger partial charge in [-0.05, 0) is 42.0 Å². The fourth-order valence-corrected chi connectivity index (χ4v) is 2.23. The summed E-state index contributed by atoms with van der Waals surface area (Å²) >= 11 is 5.83. The van der Waals surface area contributed by atoms with Crippen LogP contribution in [0.25, 0.3) is 0 Å². The number of nitrogens with zero attached hydrogens (tertiary/aromatic N) is 3. The van der Waals surface area contributed by atoms with Crippen molar-refractivity contribution in [1.82, 2.24) is 20.5 Å². The van der Waals surface area contributed by atoms with Crippen LogP contribution in [-0.4, -0.2) is 21.1 Å². The molecule has 25 heavy (non-hydrogen) atoms. The number of carbonyl (C=O) groups is 1. The van der Waals surface area contributed by atoms with Crippen LogP contribution in [0.3, 0.4) is 0 Å². The lowest BCUT2D eigenvalue weighted by Gasteiger charge is -2.06. The van der Waals surface area contributed by atoms with Crippen molar-refractivity contribution in [3.63, 3.8) is 0 Å². The van der Waals surface area contributed by atoms with Gasteiger partial charge in [0.2, 0.25) is 0 Å². The summed E-state index contributed by atoms with van der Waals surface area (Å²) in [4.78, 5) is 16.3. The van der Waals surface area contributed by atoms with Crippen molar-refractivity contribution in [2.75, 3.05) is 5.32 Å². The van der Waals surface area contributed by atoms with E-state index >= 15 is 0 Å². The summed E-state index contributed by atoms with van der Waals surface area (Å²) in [5.74, 6) is 0.304. The first-order valence-electron chi connectivity index (χ1n) is 7.71. The average molecular weight is 354 g/mol. The minimum atomic E-state index is -0.279. The molecule has 0 saturated carbocycles. The maximum absolute atomic E-state index is 12.1. The number of anilines is 1. The Kier molecular flexibility index (Phi) is 5.53. The maximum atomic E-state index is 12.1. The Labute approximate surface area is 150 Å². The van der Waals surface area contributed by atoms with Crippen LogP contribution in [0.4, 0.5) is 5.82 Å². The van der Waals surface area contributed by atoms with Crippen molar-refractivity contribution in [3.8, 4) is 0 Å². The molecule has 3 rings (SSSR count). The van der Waals surface area contributed by atoms with E-state index in [1.54, 1.807) is 30.5 Å². The van der Waals surface area contributed by atoms with Crippen LogP contribution in [0.2, 0.25) is 5.02 Å². The zero-order valence-corrected chi connectivity index (χ0v) is 14.1. The van der Waals surface area contributed by atoms with E-state index in [2.05, 4.69) is 25.8 Å². The van der Waals surface area contributed by atoms with Crippen LogP contribution in [0.15, 0.2) is 60.8 Å². The van der Waals surface area contributed by atoms with Gasteiger partial charge in [-0.1, -0.05) is 29.8 Å². The first-order valence-corrected chi connectivity index (χ1v) is 8.09. The zero-order valence-electron chi connectivity index (χ0n) is 13.3. The third kappa shape index (κ3) is 4.99. The van der Waals surface area contributed by atoms with E-state index in [-0.39, 0.29) is 11.6 Å². The molecular weight excluding hydrogens is 338 g/mol. The highest BCUT2D eigenvalue weighted by atomic mass is 35.5. The molecule has 0 fully saturated rings. The van der Waals surface area contributed by atoms with Gasteiger partial charge in [0.05, 0.1) is 12.2 Å². The number of hydrogen-bond donors (Lipinski definition) is 2. The highest BCUT2D eigenvalue weighted by Crippen LogP contribution is 2.09. The Bertz CT molecular complexity index is 822. The molecule has 2 aromatic heterocycles. The van der Waals surface area contributed by atoms with E-state index in [1.807, 2.05) is 30.3 Å². The smallest absolute Gasteiger partial charge is 0.272 e. The van der Waals surface area contributed by atoms with E-state index in [0.717, 1.165) is 11.3 Å². The van der Waals surface area contributed by atoms with E-state index in [0.29, 0.717) is 23.9 Å². The molecule has 0 aliphatic heterocycles. The van der Waals surface area contributed by atoms with E-state index < -0.39 is 0 Å². The minimum Gasteiger partial charge on any atom is -0.363 e. The van der Waals surface area contributed by atoms with Crippen LogP contribution in [0, 0.1) is 0 Å². The molecule has 0 saturated heterocycles. The van der Waals surface area contributed by atoms with Crippen molar-refractivity contribution >= 4 is 23.3 Å². The number of carbonyl (C=O) groups excluding carboxylic acids is 1. The van der Waals surface area contributed by atoms with Gasteiger partial charge in [-0.25, -0.2) is 0 Å². The lowest BCUT2D eigenvalue weighted by molar-refractivity contribution is 0.0945. The Balaban J connectivity index is 1.52. The highest BCUT2D eigenvalue weighted by molar-refractivity contribution is 6.30. The quantitative estimate of drug-likeness (QED) is 0.712. The van der Waals surface area contributed by atoms with Gasteiger partial charge in [-0.15, -0.1) is 10.2 Å². The molecule has 1 amide bonds. The summed E-state index contributed by atoms with van der Waals surface area (Å²) in [5.41, 5.74) is 2.12. The average Bonchev–Trinajstić information content (AvgIpc) is 2.67. The fourth-order valence-electron chi connectivity index (χ4n) is 2.11. The number of hydrogen-bond acceptors (Lipinski definition) is 5. The molecule has 3 aromatic rings. The van der Waals surface area contributed by atoms with E-state index in [9.17, 15) is 4.79 Å². The molecule has 2 N–H and O–H groups in total. The predicted molar refractivity (Wildman–Crippen MR) is 96.2 cm³/mol. The summed E-state index contributed by atoms with van der Waals surface area (Å²) in [6.45, 7) is 0.939. The second-order valence-electron chi connectivity index (χ2n) is 5.29. The molecule has 0 unspecified atom stereocenters. The van der Waals surface area contributed by atoms with Crippen molar-refractivity contribution < 1.29 is 4.79 Å². The Morgan fingerprint density at radius 3 is 2.48 bits per heavy atom. The van der Waals surface area contributed by atoms with Crippen molar-refractivity contribution in [1.29, 1.82) is 0 Å². The largest absolute Gasteiger partial charge is 0.363 e. The summed E-state index contributed by atoms with van der Waals surface area (Å²) in [7, 11) is 0. The molecule has 6 nitrogen and oxygen atoms in total. The summed E-state index contributed by atoms with van der Waals surface area (Å²) in [6, 6.07) is 16.3. The number of benzene rings is 1. The van der Waals surface area contributed by atoms with Gasteiger partial charge in [0.1, 0.15) is 5.82 Å². The number of pyridine rings is 1. The van der Waals surface area contributed by atoms with Crippen molar-refractivity contribution in [2.45, 2.75) is 13.1 Å². The Morgan fingerprint density at radius 2 is 1.80 bits per heavy atom. The molecular formula is C18H16ClN5O. The lowest BCUT2D eigenvalue weighted by atomic mass is 10.2. The van der Waals surface area contributed by atoms with Gasteiger partial charge in [0.25, 0.3) is 5.91 Å². The van der Waals surface area contributed by atoms with Crippen LogP contribution in [-0.2, 0) is 13.1 Å². The van der Waals surface area contributed by atoms with Gasteiger partial charge in [-0.2, -0.15) is 0 Å². The van der Waals surface area contributed by atoms with Crippen molar-refractivity contribution in [3.05, 3.63) is 82.8 Å². The molecule has 2 heterocycles. The van der Waals surface area contributed by atoms with Crippen LogP contribution in [0.5, 0.6) is 0 Å². The number of nitrogens with one attached hydrogen (secondary N) is 2. The molecule has 0 aliphatic carbocycles. The summed E-state index contributed by atoms with van der Waals surface area (Å²) in [5, 5.41) is 14.5. The minimum absolute atomic E-state index is 0.261. The van der Waals surface area contributed by atoms with Crippen LogP contribution >= 0.6 is 11.6 Å². The lowest BCUT2D eigenvalue weighted by Crippen LogP contribution is -2.24. The molecule has 0 atom stereocenters. The van der Waals surface area contributed by atoms with Gasteiger partial charge in [-0.3, -0.25) is 9.78 Å². The number of rotatable bonds is 6. The predicted octanol–water partition coefficient (Wildman–Crippen LogP) is 3.07. The van der Waals surface area contributed by atoms with Gasteiger partial charge in [0.15, 0.2) is 5.69 Å². The maximum Gasteiger partial charge on any atom is 0.272 e. The number of amides is 1. The second-order valence-corrected chi connectivity index (χ2v) is 5.72. The van der Waals surface area contributed by atoms with E-state index in [4.69, 9.17) is 11.6 Å². The van der Waals surface area contributed by atoms with Crippen molar-refractivity contribution in [2.24, 2.45) is 0 Å². The SMILES string of the molecule is O=C(NCc1ccc(Cl)cc1)c1ccc(NCc2ccccn2)nn1. The monoisotopic (exact) mass is 353 g/mol. The Hall–Kier alpha value is -2.99. The van der Waals surface area contributed by atoms with Crippen LogP contribution < -0.4 is 10.6 Å². The highest BCUT2D eigenvalue weighted by Gasteiger charge is 2.08. The Morgan fingerprint density at radius 1 is 0.960 bits per heavy atom. The molecule has 0 radical (unpaired) electrons. The third-order valence-electron chi connectivity index (χ3n) is 3.44. The molecule has 0 bridgehead atoms. The molecule has 7 heteroatoms. The first kappa shape index (κ1) is 16.9. The normalized spacial score (nSPS) is 10.3. The summed E-state index contributed by atoms with van der Waals surface area (Å²) < 4.78 is 0. The van der Waals surface area contributed by atoms with Gasteiger partial charge in [0, 0.05) is 17.8 Å². The zero-order chi connectivity index (χ0) is 17.5. The van der Waals surface area contributed by atoms with E-state index in [1.165, 1.54) is 0 Å². The standard InChI is InChI=1S/C18H16ClN5O/c19-14-6-4-13(5-7-14)11-22-18(25)16-8-9-17(24-23-16)21-12-15-3-1-2-10-20-15/h1-10H,11-12H2,(H,21,24)(H,22,25). The topological polar surface area (TPSA) is 79.8 Å².